The number of aromatic amines is 1. The zero-order valence-electron chi connectivity index (χ0n) is 14.7. The van der Waals surface area contributed by atoms with Crippen molar-refractivity contribution in [3.8, 4) is 17.2 Å². The molecule has 2 heterocycles. The molecule has 2 aromatic rings. The molecule has 0 spiro atoms. The van der Waals surface area contributed by atoms with Gasteiger partial charge in [-0.3, -0.25) is 0 Å². The highest BCUT2D eigenvalue weighted by molar-refractivity contribution is 5.70. The van der Waals surface area contributed by atoms with Crippen molar-refractivity contribution in [2.24, 2.45) is 11.7 Å². The quantitative estimate of drug-likeness (QED) is 0.869. The number of halogens is 1. The van der Waals surface area contributed by atoms with Crippen LogP contribution in [-0.2, 0) is 0 Å². The average molecular weight is 362 g/mol. The zero-order valence-corrected chi connectivity index (χ0v) is 14.7. The molecular weight excluding hydrogens is 339 g/mol. The van der Waals surface area contributed by atoms with E-state index in [9.17, 15) is 9.18 Å². The number of aromatic nitrogens is 2. The van der Waals surface area contributed by atoms with Crippen LogP contribution in [0.25, 0.3) is 11.5 Å². The lowest BCUT2D eigenvalue weighted by Crippen LogP contribution is -2.45. The van der Waals surface area contributed by atoms with Crippen molar-refractivity contribution in [2.45, 2.75) is 44.7 Å². The Morgan fingerprint density at radius 2 is 2.12 bits per heavy atom. The molecule has 2 aliphatic rings. The molecule has 7 nitrogen and oxygen atoms in total. The topological polar surface area (TPSA) is 97.4 Å². The van der Waals surface area contributed by atoms with E-state index in [2.05, 4.69) is 22.0 Å². The van der Waals surface area contributed by atoms with Gasteiger partial charge in [0.1, 0.15) is 6.61 Å². The normalized spacial score (nSPS) is 24.0. The van der Waals surface area contributed by atoms with Crippen LogP contribution in [0.4, 0.5) is 10.1 Å². The Kier molecular flexibility index (Phi) is 4.44. The Labute approximate surface area is 150 Å². The lowest BCUT2D eigenvalue weighted by molar-refractivity contribution is 0.249. The van der Waals surface area contributed by atoms with E-state index in [1.807, 2.05) is 0 Å². The van der Waals surface area contributed by atoms with E-state index in [0.717, 1.165) is 25.7 Å². The van der Waals surface area contributed by atoms with Crippen LogP contribution in [0.5, 0.6) is 5.75 Å². The fourth-order valence-corrected chi connectivity index (χ4v) is 4.08. The largest absolute Gasteiger partial charge is 0.486 e. The van der Waals surface area contributed by atoms with Gasteiger partial charge in [-0.1, -0.05) is 0 Å². The van der Waals surface area contributed by atoms with Crippen molar-refractivity contribution in [3.63, 3.8) is 0 Å². The number of H-pyrrole nitrogens is 1. The third kappa shape index (κ3) is 3.09. The minimum absolute atomic E-state index is 0.0681. The summed E-state index contributed by atoms with van der Waals surface area (Å²) in [6, 6.07) is 3.60. The number of fused-ring (bicyclic) bond motifs is 1. The second-order valence-electron chi connectivity index (χ2n) is 7.18. The van der Waals surface area contributed by atoms with Gasteiger partial charge >= 0.3 is 5.76 Å². The number of benzene rings is 1. The molecule has 140 valence electrons. The number of hydrogen-bond acceptors (Lipinski definition) is 6. The van der Waals surface area contributed by atoms with Crippen molar-refractivity contribution in [3.05, 3.63) is 28.5 Å². The first kappa shape index (κ1) is 17.1. The molecule has 1 aliphatic carbocycles. The van der Waals surface area contributed by atoms with Gasteiger partial charge in [0.05, 0.1) is 12.2 Å². The summed E-state index contributed by atoms with van der Waals surface area (Å²) in [4.78, 5) is 13.4. The molecular formula is C18H23FN4O3. The first-order chi connectivity index (χ1) is 12.5. The van der Waals surface area contributed by atoms with Crippen molar-refractivity contribution in [1.82, 2.24) is 10.2 Å². The summed E-state index contributed by atoms with van der Waals surface area (Å²) >= 11 is 0. The van der Waals surface area contributed by atoms with Crippen LogP contribution in [0.3, 0.4) is 0 Å². The summed E-state index contributed by atoms with van der Waals surface area (Å²) in [7, 11) is 0. The van der Waals surface area contributed by atoms with Gasteiger partial charge < -0.3 is 19.8 Å². The maximum atomic E-state index is 14.6. The van der Waals surface area contributed by atoms with Crippen molar-refractivity contribution >= 4 is 5.69 Å². The second-order valence-corrected chi connectivity index (χ2v) is 7.18. The van der Waals surface area contributed by atoms with Gasteiger partial charge in [0.15, 0.2) is 11.6 Å². The highest BCUT2D eigenvalue weighted by atomic mass is 19.1. The van der Waals surface area contributed by atoms with E-state index in [1.165, 1.54) is 6.07 Å². The van der Waals surface area contributed by atoms with E-state index in [1.54, 1.807) is 6.07 Å². The molecule has 8 heteroatoms. The van der Waals surface area contributed by atoms with Crippen molar-refractivity contribution in [2.75, 3.05) is 18.1 Å². The van der Waals surface area contributed by atoms with Crippen LogP contribution in [0.15, 0.2) is 21.3 Å². The van der Waals surface area contributed by atoms with Crippen LogP contribution in [0.2, 0.25) is 0 Å². The van der Waals surface area contributed by atoms with Crippen LogP contribution >= 0.6 is 0 Å². The highest BCUT2D eigenvalue weighted by Crippen LogP contribution is 2.41. The SMILES string of the molecule is C[C@@H](C1CCC(N)CC1)N1CCOc2c(F)cc(-c3n[nH]c(=O)o3)cc21. The second kappa shape index (κ2) is 6.75. The van der Waals surface area contributed by atoms with Crippen molar-refractivity contribution in [1.29, 1.82) is 0 Å². The van der Waals surface area contributed by atoms with Crippen LogP contribution in [0, 0.1) is 11.7 Å². The Morgan fingerprint density at radius 3 is 2.81 bits per heavy atom. The molecule has 0 radical (unpaired) electrons. The minimum atomic E-state index is -0.668. The number of anilines is 1. The van der Waals surface area contributed by atoms with Gasteiger partial charge in [0, 0.05) is 17.6 Å². The third-order valence-corrected chi connectivity index (χ3v) is 5.59. The standard InChI is InChI=1S/C18H23FN4O3/c1-10(11-2-4-13(20)5-3-11)23-6-7-25-16-14(19)8-12(9-15(16)23)17-21-22-18(24)26-17/h8-11,13H,2-7,20H2,1H3,(H,22,24)/t10-,11?,13?/m0/s1. The summed E-state index contributed by atoms with van der Waals surface area (Å²) in [5, 5.41) is 6.01. The van der Waals surface area contributed by atoms with Gasteiger partial charge in [0.25, 0.3) is 0 Å². The molecule has 1 atom stereocenters. The van der Waals surface area contributed by atoms with Gasteiger partial charge in [-0.15, -0.1) is 5.10 Å². The first-order valence-corrected chi connectivity index (χ1v) is 9.07. The first-order valence-electron chi connectivity index (χ1n) is 9.07. The third-order valence-electron chi connectivity index (χ3n) is 5.59. The predicted molar refractivity (Wildman–Crippen MR) is 94.8 cm³/mol. The number of nitrogens with zero attached hydrogens (tertiary/aromatic N) is 2. The minimum Gasteiger partial charge on any atom is -0.486 e. The summed E-state index contributed by atoms with van der Waals surface area (Å²) in [5.41, 5.74) is 7.12. The monoisotopic (exact) mass is 362 g/mol. The molecule has 0 unspecified atom stereocenters. The molecule has 0 bridgehead atoms. The molecule has 1 saturated carbocycles. The molecule has 1 aliphatic heterocycles. The number of rotatable bonds is 3. The predicted octanol–water partition coefficient (Wildman–Crippen LogP) is 2.27. The average Bonchev–Trinajstić information content (AvgIpc) is 3.08. The zero-order chi connectivity index (χ0) is 18.3. The van der Waals surface area contributed by atoms with Crippen molar-refractivity contribution < 1.29 is 13.5 Å². The maximum absolute atomic E-state index is 14.6. The summed E-state index contributed by atoms with van der Waals surface area (Å²) in [6.45, 7) is 3.30. The molecule has 1 fully saturated rings. The summed E-state index contributed by atoms with van der Waals surface area (Å²) < 4.78 is 25.2. The number of nitrogens with two attached hydrogens (primary N) is 1. The smallest absolute Gasteiger partial charge is 0.434 e. The van der Waals surface area contributed by atoms with Crippen LogP contribution < -0.4 is 21.1 Å². The van der Waals surface area contributed by atoms with E-state index in [0.29, 0.717) is 36.4 Å². The molecule has 3 N–H and O–H groups in total. The molecule has 4 rings (SSSR count). The molecule has 0 saturated heterocycles. The molecule has 0 amide bonds. The Hall–Kier alpha value is -2.35. The Bertz CT molecular complexity index is 841. The van der Waals surface area contributed by atoms with Gasteiger partial charge in [-0.2, -0.15) is 0 Å². The summed E-state index contributed by atoms with van der Waals surface area (Å²) in [5.74, 6) is -0.324. The number of ether oxygens (including phenoxy) is 1. The van der Waals surface area contributed by atoms with Crippen LogP contribution in [0.1, 0.15) is 32.6 Å². The summed E-state index contributed by atoms with van der Waals surface area (Å²) in [6.07, 6.45) is 4.20. The van der Waals surface area contributed by atoms with Gasteiger partial charge in [-0.25, -0.2) is 14.3 Å². The fourth-order valence-electron chi connectivity index (χ4n) is 4.08. The Morgan fingerprint density at radius 1 is 1.35 bits per heavy atom. The number of nitrogens with one attached hydrogen (secondary N) is 1. The molecule has 1 aromatic heterocycles. The Balaban J connectivity index is 1.68. The van der Waals surface area contributed by atoms with E-state index in [-0.39, 0.29) is 17.7 Å². The lowest BCUT2D eigenvalue weighted by atomic mass is 9.81. The lowest BCUT2D eigenvalue weighted by Gasteiger charge is -2.41. The van der Waals surface area contributed by atoms with E-state index in [4.69, 9.17) is 14.9 Å². The fraction of sp³-hybridized carbons (Fsp3) is 0.556. The van der Waals surface area contributed by atoms with Gasteiger partial charge in [-0.05, 0) is 50.7 Å². The highest BCUT2D eigenvalue weighted by Gasteiger charge is 2.32. The maximum Gasteiger partial charge on any atom is 0.434 e. The van der Waals surface area contributed by atoms with E-state index >= 15 is 0 Å². The van der Waals surface area contributed by atoms with Gasteiger partial charge in [0.2, 0.25) is 5.89 Å². The number of hydrogen-bond donors (Lipinski definition) is 2. The van der Waals surface area contributed by atoms with Crippen LogP contribution in [-0.4, -0.2) is 35.4 Å². The van der Waals surface area contributed by atoms with E-state index < -0.39 is 11.6 Å². The molecule has 26 heavy (non-hydrogen) atoms. The molecule has 1 aromatic carbocycles.